The minimum Gasteiger partial charge on any atom is -0.350 e. The summed E-state index contributed by atoms with van der Waals surface area (Å²) in [6.07, 6.45) is 3.58. The SMILES string of the molecule is Cc1cccc(C(=O)NC(C)C(=O)NCc2cnn(-c3ccccc3)c2)c1. The van der Waals surface area contributed by atoms with Crippen LogP contribution in [0.5, 0.6) is 0 Å². The average Bonchev–Trinajstić information content (AvgIpc) is 3.15. The molecule has 0 fully saturated rings. The van der Waals surface area contributed by atoms with Gasteiger partial charge in [-0.3, -0.25) is 9.59 Å². The van der Waals surface area contributed by atoms with Gasteiger partial charge in [-0.25, -0.2) is 4.68 Å². The highest BCUT2D eigenvalue weighted by Crippen LogP contribution is 2.08. The normalized spacial score (nSPS) is 11.6. The van der Waals surface area contributed by atoms with Gasteiger partial charge in [-0.1, -0.05) is 35.9 Å². The van der Waals surface area contributed by atoms with E-state index in [1.165, 1.54) is 0 Å². The Hall–Kier alpha value is -3.41. The van der Waals surface area contributed by atoms with Crippen LogP contribution in [0.4, 0.5) is 0 Å². The Morgan fingerprint density at radius 3 is 2.63 bits per heavy atom. The van der Waals surface area contributed by atoms with Gasteiger partial charge in [0.15, 0.2) is 0 Å². The van der Waals surface area contributed by atoms with E-state index in [4.69, 9.17) is 0 Å². The van der Waals surface area contributed by atoms with Crippen LogP contribution in [0.1, 0.15) is 28.4 Å². The molecule has 6 nitrogen and oxygen atoms in total. The average molecular weight is 362 g/mol. The quantitative estimate of drug-likeness (QED) is 0.708. The Balaban J connectivity index is 1.53. The highest BCUT2D eigenvalue weighted by Gasteiger charge is 2.16. The lowest BCUT2D eigenvalue weighted by Crippen LogP contribution is -2.44. The number of aryl methyl sites for hydroxylation is 1. The molecule has 1 atom stereocenters. The summed E-state index contributed by atoms with van der Waals surface area (Å²) in [5.74, 6) is -0.512. The van der Waals surface area contributed by atoms with Crippen molar-refractivity contribution in [1.29, 1.82) is 0 Å². The van der Waals surface area contributed by atoms with Crippen molar-refractivity contribution in [2.45, 2.75) is 26.4 Å². The van der Waals surface area contributed by atoms with Crippen LogP contribution in [0.2, 0.25) is 0 Å². The van der Waals surface area contributed by atoms with Crippen molar-refractivity contribution in [3.63, 3.8) is 0 Å². The van der Waals surface area contributed by atoms with E-state index < -0.39 is 6.04 Å². The summed E-state index contributed by atoms with van der Waals surface area (Å²) in [6, 6.07) is 16.4. The summed E-state index contributed by atoms with van der Waals surface area (Å²) in [5.41, 5.74) is 3.37. The molecule has 27 heavy (non-hydrogen) atoms. The van der Waals surface area contributed by atoms with Crippen molar-refractivity contribution in [3.05, 3.63) is 83.7 Å². The number of rotatable bonds is 6. The van der Waals surface area contributed by atoms with Gasteiger partial charge in [0.2, 0.25) is 5.91 Å². The molecule has 3 aromatic rings. The molecule has 0 saturated carbocycles. The van der Waals surface area contributed by atoms with Gasteiger partial charge in [0, 0.05) is 23.9 Å². The topological polar surface area (TPSA) is 76.0 Å². The molecule has 0 aliphatic heterocycles. The molecule has 0 saturated heterocycles. The Labute approximate surface area is 158 Å². The van der Waals surface area contributed by atoms with Crippen molar-refractivity contribution in [1.82, 2.24) is 20.4 Å². The van der Waals surface area contributed by atoms with Crippen LogP contribution >= 0.6 is 0 Å². The fourth-order valence-electron chi connectivity index (χ4n) is 2.65. The van der Waals surface area contributed by atoms with Crippen LogP contribution in [0.3, 0.4) is 0 Å². The van der Waals surface area contributed by atoms with Gasteiger partial charge in [0.25, 0.3) is 5.91 Å². The van der Waals surface area contributed by atoms with Crippen LogP contribution in [0, 0.1) is 6.92 Å². The lowest BCUT2D eigenvalue weighted by Gasteiger charge is -2.14. The zero-order chi connectivity index (χ0) is 19.2. The summed E-state index contributed by atoms with van der Waals surface area (Å²) >= 11 is 0. The summed E-state index contributed by atoms with van der Waals surface area (Å²) in [4.78, 5) is 24.5. The van der Waals surface area contributed by atoms with E-state index in [-0.39, 0.29) is 11.8 Å². The molecule has 0 radical (unpaired) electrons. The maximum Gasteiger partial charge on any atom is 0.251 e. The van der Waals surface area contributed by atoms with Gasteiger partial charge >= 0.3 is 0 Å². The zero-order valence-corrected chi connectivity index (χ0v) is 15.3. The molecule has 0 aliphatic rings. The fraction of sp³-hybridized carbons (Fsp3) is 0.190. The van der Waals surface area contributed by atoms with Crippen molar-refractivity contribution in [2.24, 2.45) is 0 Å². The first-order valence-corrected chi connectivity index (χ1v) is 8.77. The van der Waals surface area contributed by atoms with Gasteiger partial charge < -0.3 is 10.6 Å². The van der Waals surface area contributed by atoms with Gasteiger partial charge in [-0.05, 0) is 38.1 Å². The number of aromatic nitrogens is 2. The van der Waals surface area contributed by atoms with E-state index in [0.717, 1.165) is 16.8 Å². The Morgan fingerprint density at radius 2 is 1.89 bits per heavy atom. The van der Waals surface area contributed by atoms with Crippen molar-refractivity contribution < 1.29 is 9.59 Å². The van der Waals surface area contributed by atoms with Gasteiger partial charge in [-0.15, -0.1) is 0 Å². The first kappa shape index (κ1) is 18.4. The molecule has 2 N–H and O–H groups in total. The summed E-state index contributed by atoms with van der Waals surface area (Å²) < 4.78 is 1.75. The number of amides is 2. The standard InChI is InChI=1S/C21H22N4O2/c1-15-7-6-8-18(11-15)21(27)24-16(2)20(26)22-12-17-13-23-25(14-17)19-9-4-3-5-10-19/h3-11,13-14,16H,12H2,1-2H3,(H,22,26)(H,24,27). The number of nitrogens with one attached hydrogen (secondary N) is 2. The third-order valence-corrected chi connectivity index (χ3v) is 4.14. The molecule has 6 heteroatoms. The Morgan fingerprint density at radius 1 is 1.11 bits per heavy atom. The molecular weight excluding hydrogens is 340 g/mol. The maximum atomic E-state index is 12.3. The lowest BCUT2D eigenvalue weighted by atomic mass is 10.1. The van der Waals surface area contributed by atoms with Gasteiger partial charge in [0.1, 0.15) is 6.04 Å². The number of hydrogen-bond donors (Lipinski definition) is 2. The van der Waals surface area contributed by atoms with E-state index in [0.29, 0.717) is 12.1 Å². The molecule has 1 unspecified atom stereocenters. The zero-order valence-electron chi connectivity index (χ0n) is 15.3. The minimum atomic E-state index is -0.637. The van der Waals surface area contributed by atoms with E-state index in [1.807, 2.05) is 55.6 Å². The Bertz CT molecular complexity index is 934. The number of nitrogens with zero attached hydrogens (tertiary/aromatic N) is 2. The number of carbonyl (C=O) groups excluding carboxylic acids is 2. The fourth-order valence-corrected chi connectivity index (χ4v) is 2.65. The predicted octanol–water partition coefficient (Wildman–Crippen LogP) is 2.62. The van der Waals surface area contributed by atoms with E-state index in [1.54, 1.807) is 29.9 Å². The molecule has 0 bridgehead atoms. The molecule has 3 rings (SSSR count). The molecule has 0 aliphatic carbocycles. The van der Waals surface area contributed by atoms with Crippen LogP contribution in [-0.2, 0) is 11.3 Å². The molecule has 1 aromatic heterocycles. The van der Waals surface area contributed by atoms with Crippen LogP contribution in [-0.4, -0.2) is 27.6 Å². The molecule has 1 heterocycles. The maximum absolute atomic E-state index is 12.3. The van der Waals surface area contributed by atoms with Gasteiger partial charge in [0.05, 0.1) is 11.9 Å². The van der Waals surface area contributed by atoms with E-state index >= 15 is 0 Å². The Kier molecular flexibility index (Phi) is 5.66. The van der Waals surface area contributed by atoms with Crippen molar-refractivity contribution >= 4 is 11.8 Å². The largest absolute Gasteiger partial charge is 0.350 e. The molecule has 138 valence electrons. The minimum absolute atomic E-state index is 0.247. The highest BCUT2D eigenvalue weighted by molar-refractivity contribution is 5.97. The number of para-hydroxylation sites is 1. The number of benzene rings is 2. The van der Waals surface area contributed by atoms with E-state index in [9.17, 15) is 9.59 Å². The first-order chi connectivity index (χ1) is 13.0. The number of carbonyl (C=O) groups is 2. The summed E-state index contributed by atoms with van der Waals surface area (Å²) in [6.45, 7) is 3.93. The lowest BCUT2D eigenvalue weighted by molar-refractivity contribution is -0.122. The smallest absolute Gasteiger partial charge is 0.251 e. The third-order valence-electron chi connectivity index (χ3n) is 4.14. The molecule has 2 aromatic carbocycles. The molecular formula is C21H22N4O2. The molecule has 0 spiro atoms. The first-order valence-electron chi connectivity index (χ1n) is 8.77. The third kappa shape index (κ3) is 4.82. The molecule has 2 amide bonds. The van der Waals surface area contributed by atoms with Crippen LogP contribution in [0.15, 0.2) is 67.0 Å². The van der Waals surface area contributed by atoms with Crippen LogP contribution in [0.25, 0.3) is 5.69 Å². The summed E-state index contributed by atoms with van der Waals surface area (Å²) in [5, 5.41) is 9.84. The van der Waals surface area contributed by atoms with E-state index in [2.05, 4.69) is 15.7 Å². The summed E-state index contributed by atoms with van der Waals surface area (Å²) in [7, 11) is 0. The van der Waals surface area contributed by atoms with Crippen molar-refractivity contribution in [2.75, 3.05) is 0 Å². The number of hydrogen-bond acceptors (Lipinski definition) is 3. The van der Waals surface area contributed by atoms with Crippen molar-refractivity contribution in [3.8, 4) is 5.69 Å². The second-order valence-corrected chi connectivity index (χ2v) is 6.41. The second-order valence-electron chi connectivity index (χ2n) is 6.41. The van der Waals surface area contributed by atoms with Crippen LogP contribution < -0.4 is 10.6 Å². The van der Waals surface area contributed by atoms with Gasteiger partial charge in [-0.2, -0.15) is 5.10 Å². The predicted molar refractivity (Wildman–Crippen MR) is 104 cm³/mol. The monoisotopic (exact) mass is 362 g/mol. The second kappa shape index (κ2) is 8.31. The highest BCUT2D eigenvalue weighted by atomic mass is 16.2.